The molecular weight excluding hydrogens is 1700 g/mol. The van der Waals surface area contributed by atoms with Crippen molar-refractivity contribution in [2.24, 2.45) is 0 Å². The third kappa shape index (κ3) is 31.6. The third-order valence-electron chi connectivity index (χ3n) is 24.8. The number of aliphatic carboxylic acids is 1. The van der Waals surface area contributed by atoms with Crippen LogP contribution in [0.3, 0.4) is 0 Å². The summed E-state index contributed by atoms with van der Waals surface area (Å²) in [5, 5.41) is 256. The van der Waals surface area contributed by atoms with Crippen molar-refractivity contribution < 1.29 is 198 Å². The van der Waals surface area contributed by atoms with Gasteiger partial charge in [-0.2, -0.15) is 0 Å². The van der Waals surface area contributed by atoms with Crippen molar-refractivity contribution in [1.82, 2.24) is 16.0 Å². The number of rotatable bonds is 57. The number of aliphatic hydroxyl groups is 21. The van der Waals surface area contributed by atoms with Crippen molar-refractivity contribution >= 4 is 23.7 Å². The zero-order valence-electron chi connectivity index (χ0n) is 74.2. The Morgan fingerprint density at radius 1 is 0.422 bits per heavy atom. The van der Waals surface area contributed by atoms with Crippen LogP contribution in [0.4, 0.5) is 0 Å². The van der Waals surface area contributed by atoms with Gasteiger partial charge in [-0.3, -0.25) is 14.4 Å². The average Bonchev–Trinajstić information content (AvgIpc) is 0.760. The van der Waals surface area contributed by atoms with Crippen molar-refractivity contribution in [2.45, 2.75) is 453 Å². The number of carbonyl (C=O) groups excluding carboxylic acids is 3. The lowest BCUT2D eigenvalue weighted by Crippen LogP contribution is -2.72. The summed E-state index contributed by atoms with van der Waals surface area (Å²) >= 11 is 0. The lowest BCUT2D eigenvalue weighted by molar-refractivity contribution is -0.401. The van der Waals surface area contributed by atoms with Crippen LogP contribution in [-0.4, -0.2) is 415 Å². The fraction of sp³-hybridized carbons (Fsp3) is 0.929. The van der Waals surface area contributed by atoms with Gasteiger partial charge in [0.1, 0.15) is 159 Å². The van der Waals surface area contributed by atoms with Crippen LogP contribution in [0.5, 0.6) is 0 Å². The summed E-state index contributed by atoms with van der Waals surface area (Å²) in [5.41, 5.74) is 0. The summed E-state index contributed by atoms with van der Waals surface area (Å²) in [6, 6.07) is -4.90. The second-order valence-corrected chi connectivity index (χ2v) is 34.9. The van der Waals surface area contributed by atoms with Crippen LogP contribution in [0.25, 0.3) is 0 Å². The molecule has 0 radical (unpaired) electrons. The molecule has 14 unspecified atom stereocenters. The highest BCUT2D eigenvalue weighted by Gasteiger charge is 2.63. The van der Waals surface area contributed by atoms with Crippen LogP contribution >= 0.6 is 0 Å². The molecule has 3 amide bonds. The number of aliphatic hydroxyl groups excluding tert-OH is 21. The Morgan fingerprint density at radius 2 is 0.812 bits per heavy atom. The molecule has 38 atom stereocenters. The molecule has 7 rings (SSSR count). The zero-order chi connectivity index (χ0) is 94.1. The van der Waals surface area contributed by atoms with Crippen molar-refractivity contribution in [2.75, 3.05) is 46.2 Å². The molecule has 25 N–H and O–H groups in total. The number of unbranched alkanes of at least 4 members (excludes halogenated alkanes) is 25. The highest BCUT2D eigenvalue weighted by Crippen LogP contribution is 2.42. The Bertz CT molecular complexity index is 3150. The molecule has 746 valence electrons. The van der Waals surface area contributed by atoms with E-state index in [1.807, 2.05) is 6.08 Å². The normalized spacial score (nSPS) is 38.2. The molecule has 0 bridgehead atoms. The SMILES string of the molecule is CCCCCCCCCCCCC/C=C/[C@@H](O)[C@H](CO[C@@H]1OC(CO)[C@@H](O[C@@H]2OC(CO)[C@H](O)[C@H](O[C@H]3OC(CO)[C@H](O)[C@H](O[C@@H]4OC(CO)[C@@H](O[C@@H]5OC(CO)[C@H](O)[C@H](O[C@]6(C(=O)O)CC(O)[C@@H](NC(C)=O)C([C@H](O)[C@H](O)CO)O6)C5O)[C@H](O[C@H]5OC(C)[C@@H](O)C(O)[C@@H]5O)C4NC(C)=O)C3O)C2O)[C@H](O)C1O)NC(=O)CCCCCCCCCCCCCCCCC. The van der Waals surface area contributed by atoms with E-state index in [-0.39, 0.29) is 12.3 Å². The van der Waals surface area contributed by atoms with Crippen LogP contribution in [0.2, 0.25) is 0 Å². The van der Waals surface area contributed by atoms with Crippen LogP contribution in [-0.2, 0) is 85.5 Å². The summed E-state index contributed by atoms with van der Waals surface area (Å²) < 4.78 is 83.9. The minimum atomic E-state index is -3.30. The summed E-state index contributed by atoms with van der Waals surface area (Å²) in [5.74, 6) is -7.69. The molecule has 7 heterocycles. The molecule has 43 heteroatoms. The molecule has 7 fully saturated rings. The molecule has 0 aliphatic carbocycles. The largest absolute Gasteiger partial charge is 0.477 e. The Labute approximate surface area is 746 Å². The number of hydrogen-bond acceptors (Lipinski definition) is 39. The monoisotopic (exact) mass is 1850 g/mol. The van der Waals surface area contributed by atoms with Gasteiger partial charge in [-0.05, 0) is 26.2 Å². The Kier molecular flexibility index (Phi) is 49.2. The molecule has 43 nitrogen and oxygen atoms in total. The summed E-state index contributed by atoms with van der Waals surface area (Å²) in [4.78, 5) is 52.8. The predicted octanol–water partition coefficient (Wildman–Crippen LogP) is -4.37. The molecule has 0 aromatic rings. The van der Waals surface area contributed by atoms with E-state index in [2.05, 4.69) is 29.8 Å². The van der Waals surface area contributed by atoms with Gasteiger partial charge in [0.15, 0.2) is 37.7 Å². The second kappa shape index (κ2) is 56.7. The first-order valence-electron chi connectivity index (χ1n) is 46.0. The minimum absolute atomic E-state index is 0.145. The fourth-order valence-corrected chi connectivity index (χ4v) is 17.2. The first-order valence-corrected chi connectivity index (χ1v) is 46.0. The number of carboxylic acids is 1. The predicted molar refractivity (Wildman–Crippen MR) is 442 cm³/mol. The molecule has 0 aromatic heterocycles. The maximum absolute atomic E-state index is 13.6. The summed E-state index contributed by atoms with van der Waals surface area (Å²) in [6.07, 6.45) is -38.3. The van der Waals surface area contributed by atoms with Gasteiger partial charge in [0, 0.05) is 26.7 Å². The fourth-order valence-electron chi connectivity index (χ4n) is 17.2. The average molecular weight is 1860 g/mol. The molecule has 7 aliphatic heterocycles. The highest BCUT2D eigenvalue weighted by molar-refractivity contribution is 5.77. The second-order valence-electron chi connectivity index (χ2n) is 34.9. The van der Waals surface area contributed by atoms with E-state index in [1.54, 1.807) is 6.08 Å². The number of carboxylic acid groups (broad SMARTS) is 1. The first-order chi connectivity index (χ1) is 61.2. The van der Waals surface area contributed by atoms with Crippen LogP contribution < -0.4 is 16.0 Å². The van der Waals surface area contributed by atoms with E-state index in [4.69, 9.17) is 66.3 Å². The van der Waals surface area contributed by atoms with Gasteiger partial charge < -0.3 is 195 Å². The number of ether oxygens (including phenoxy) is 14. The van der Waals surface area contributed by atoms with Crippen molar-refractivity contribution in [3.63, 3.8) is 0 Å². The number of carbonyl (C=O) groups is 4. The van der Waals surface area contributed by atoms with Gasteiger partial charge in [0.05, 0.1) is 76.6 Å². The Hall–Kier alpha value is -3.78. The molecule has 128 heavy (non-hydrogen) atoms. The molecule has 0 spiro atoms. The maximum Gasteiger partial charge on any atom is 0.364 e. The summed E-state index contributed by atoms with van der Waals surface area (Å²) in [7, 11) is 0. The van der Waals surface area contributed by atoms with E-state index < -0.39 is 303 Å². The number of allylic oxidation sites excluding steroid dienone is 1. The van der Waals surface area contributed by atoms with E-state index in [0.717, 1.165) is 71.6 Å². The van der Waals surface area contributed by atoms with Gasteiger partial charge in [-0.25, -0.2) is 4.79 Å². The lowest BCUT2D eigenvalue weighted by Gasteiger charge is -2.52. The number of nitrogens with one attached hydrogen (secondary N) is 3. The van der Waals surface area contributed by atoms with Crippen molar-refractivity contribution in [3.8, 4) is 0 Å². The van der Waals surface area contributed by atoms with E-state index in [9.17, 15) is 132 Å². The Morgan fingerprint density at radius 3 is 1.28 bits per heavy atom. The lowest BCUT2D eigenvalue weighted by atomic mass is 9.88. The third-order valence-corrected chi connectivity index (χ3v) is 24.8. The van der Waals surface area contributed by atoms with Gasteiger partial charge >= 0.3 is 5.97 Å². The number of amides is 3. The topological polar surface area (TPSA) is 679 Å². The summed E-state index contributed by atoms with van der Waals surface area (Å²) in [6.45, 7) is 0.152. The van der Waals surface area contributed by atoms with E-state index in [1.165, 1.54) is 110 Å². The van der Waals surface area contributed by atoms with E-state index in [0.29, 0.717) is 12.8 Å². The zero-order valence-corrected chi connectivity index (χ0v) is 74.2. The van der Waals surface area contributed by atoms with Crippen LogP contribution in [0, 0.1) is 0 Å². The molecule has 0 aromatic carbocycles. The van der Waals surface area contributed by atoms with Crippen molar-refractivity contribution in [1.29, 1.82) is 0 Å². The van der Waals surface area contributed by atoms with Crippen LogP contribution in [0.1, 0.15) is 221 Å². The molecule has 0 saturated carbocycles. The minimum Gasteiger partial charge on any atom is -0.477 e. The molecule has 7 saturated heterocycles. The molecule has 7 aliphatic rings. The van der Waals surface area contributed by atoms with E-state index >= 15 is 0 Å². The molecular formula is C85H151N3O40. The van der Waals surface area contributed by atoms with Gasteiger partial charge in [-0.1, -0.05) is 180 Å². The maximum atomic E-state index is 13.6. The van der Waals surface area contributed by atoms with Gasteiger partial charge in [0.25, 0.3) is 5.79 Å². The van der Waals surface area contributed by atoms with Gasteiger partial charge in [-0.15, -0.1) is 0 Å². The first kappa shape index (κ1) is 111. The Balaban J connectivity index is 1.07. The van der Waals surface area contributed by atoms with Crippen molar-refractivity contribution in [3.05, 3.63) is 12.2 Å². The number of hydrogen-bond donors (Lipinski definition) is 25. The highest BCUT2D eigenvalue weighted by atomic mass is 16.8. The van der Waals surface area contributed by atoms with Gasteiger partial charge in [0.2, 0.25) is 17.7 Å². The standard InChI is InChI=1S/C85H151N3O40/c1-6-8-10-12-14-16-18-20-21-23-25-27-29-31-33-35-56(100)88-47(48(97)34-32-30-28-26-24-22-19-17-15-13-11-9-7-2)43-115-79-67(109)65(107)71(54(41-93)121-79)122-81-69(111)76(62(104)52(39-91)117-81)126-82-68(110)75(61(103)51(38-90)118-82)125-78-58(87-46(5)96)74(124-80-66(108)64(106)59(101)44(3)116-80)72(55(42-94)120-78)123-83-70(112)77(63(105)53(40-92)119-83)128-85(84(113)114)36-49(98)57(86-45(4)95)73(127-85)60(102)50(99)37-89/h32,34,44,47-55,57-83,89-94,97-99,101-112H,6-31,33,35-43H2,1-5H3,(H,86,95)(H,87,96)(H,88,100)(H,113,114)/b34-32+/t44?,47-,48+,49?,50+,51?,52?,53?,54?,55?,57+,58?,59+,60+,61-,62-,63-,64?,65+,66-,67?,68?,69?,70?,71+,72+,73?,74+,75-,76-,77-,78-,79+,80+,81-,82+,83-,85-/m0/s1. The van der Waals surface area contributed by atoms with Crippen LogP contribution in [0.15, 0.2) is 12.2 Å². The quantitative estimate of drug-likeness (QED) is 0.0202. The smallest absolute Gasteiger partial charge is 0.364 e.